The van der Waals surface area contributed by atoms with Crippen LogP contribution in [0.3, 0.4) is 0 Å². The highest BCUT2D eigenvalue weighted by Gasteiger charge is 2.20. The van der Waals surface area contributed by atoms with Crippen molar-refractivity contribution in [3.8, 4) is 5.75 Å². The van der Waals surface area contributed by atoms with Gasteiger partial charge in [0.2, 0.25) is 5.91 Å². The van der Waals surface area contributed by atoms with E-state index in [2.05, 4.69) is 16.7 Å². The van der Waals surface area contributed by atoms with Gasteiger partial charge in [-0.1, -0.05) is 18.2 Å². The molecule has 0 spiro atoms. The standard InChI is InChI=1S/C14H20N2O2/c1-15-14(17)6-8-16-10-11-7-9-18-13-5-3-2-4-12(11)13/h2-5,11,16H,6-10H2,1H3,(H,15,17). The number of carbonyl (C=O) groups is 1. The molecule has 0 aliphatic carbocycles. The summed E-state index contributed by atoms with van der Waals surface area (Å²) >= 11 is 0. The Labute approximate surface area is 108 Å². The highest BCUT2D eigenvalue weighted by molar-refractivity contribution is 5.75. The molecule has 1 aromatic rings. The number of ether oxygens (including phenoxy) is 1. The molecule has 1 aromatic carbocycles. The van der Waals surface area contributed by atoms with Gasteiger partial charge in [-0.3, -0.25) is 4.79 Å². The maximum atomic E-state index is 11.1. The van der Waals surface area contributed by atoms with Crippen LogP contribution < -0.4 is 15.4 Å². The van der Waals surface area contributed by atoms with Crippen molar-refractivity contribution in [2.75, 3.05) is 26.7 Å². The summed E-state index contributed by atoms with van der Waals surface area (Å²) in [5, 5.41) is 5.96. The molecule has 2 N–H and O–H groups in total. The van der Waals surface area contributed by atoms with Gasteiger partial charge < -0.3 is 15.4 Å². The summed E-state index contributed by atoms with van der Waals surface area (Å²) in [5.41, 5.74) is 1.27. The number of hydrogen-bond donors (Lipinski definition) is 2. The number of rotatable bonds is 5. The fraction of sp³-hybridized carbons (Fsp3) is 0.500. The largest absolute Gasteiger partial charge is 0.493 e. The molecule has 0 aromatic heterocycles. The Morgan fingerprint density at radius 1 is 1.44 bits per heavy atom. The van der Waals surface area contributed by atoms with Gasteiger partial charge in [-0.15, -0.1) is 0 Å². The van der Waals surface area contributed by atoms with Crippen molar-refractivity contribution in [3.05, 3.63) is 29.8 Å². The first kappa shape index (κ1) is 12.9. The summed E-state index contributed by atoms with van der Waals surface area (Å²) in [4.78, 5) is 11.1. The predicted molar refractivity (Wildman–Crippen MR) is 70.8 cm³/mol. The maximum absolute atomic E-state index is 11.1. The molecule has 1 unspecified atom stereocenters. The molecule has 0 radical (unpaired) electrons. The van der Waals surface area contributed by atoms with Crippen molar-refractivity contribution < 1.29 is 9.53 Å². The normalized spacial score (nSPS) is 17.7. The minimum absolute atomic E-state index is 0.0786. The lowest BCUT2D eigenvalue weighted by molar-refractivity contribution is -0.120. The van der Waals surface area contributed by atoms with Crippen molar-refractivity contribution in [1.29, 1.82) is 0 Å². The Morgan fingerprint density at radius 3 is 3.11 bits per heavy atom. The van der Waals surface area contributed by atoms with Gasteiger partial charge >= 0.3 is 0 Å². The van der Waals surface area contributed by atoms with E-state index >= 15 is 0 Å². The van der Waals surface area contributed by atoms with Gasteiger partial charge in [-0.25, -0.2) is 0 Å². The van der Waals surface area contributed by atoms with Gasteiger partial charge in [-0.2, -0.15) is 0 Å². The van der Waals surface area contributed by atoms with Crippen LogP contribution in [0, 0.1) is 0 Å². The molecule has 1 amide bonds. The minimum Gasteiger partial charge on any atom is -0.493 e. The summed E-state index contributed by atoms with van der Waals surface area (Å²) in [6.45, 7) is 2.40. The highest BCUT2D eigenvalue weighted by atomic mass is 16.5. The fourth-order valence-corrected chi connectivity index (χ4v) is 2.23. The molecule has 1 heterocycles. The Kier molecular flexibility index (Phi) is 4.59. The topological polar surface area (TPSA) is 50.4 Å². The number of fused-ring (bicyclic) bond motifs is 1. The Balaban J connectivity index is 1.82. The summed E-state index contributed by atoms with van der Waals surface area (Å²) in [6.07, 6.45) is 1.56. The molecule has 4 nitrogen and oxygen atoms in total. The van der Waals surface area contributed by atoms with Gasteiger partial charge in [0, 0.05) is 32.5 Å². The SMILES string of the molecule is CNC(=O)CCNCC1CCOc2ccccc21. The van der Waals surface area contributed by atoms with E-state index in [1.807, 2.05) is 18.2 Å². The van der Waals surface area contributed by atoms with Crippen LogP contribution >= 0.6 is 0 Å². The van der Waals surface area contributed by atoms with Crippen molar-refractivity contribution >= 4 is 5.91 Å². The Hall–Kier alpha value is -1.55. The second kappa shape index (κ2) is 6.40. The average molecular weight is 248 g/mol. The van der Waals surface area contributed by atoms with E-state index in [0.29, 0.717) is 12.3 Å². The first-order valence-corrected chi connectivity index (χ1v) is 6.44. The summed E-state index contributed by atoms with van der Waals surface area (Å²) in [5.74, 6) is 1.57. The van der Waals surface area contributed by atoms with Gasteiger partial charge in [0.1, 0.15) is 5.75 Å². The number of para-hydroxylation sites is 1. The van der Waals surface area contributed by atoms with E-state index in [1.54, 1.807) is 7.05 Å². The Bertz CT molecular complexity index is 407. The lowest BCUT2D eigenvalue weighted by Gasteiger charge is -2.26. The maximum Gasteiger partial charge on any atom is 0.221 e. The first-order chi connectivity index (χ1) is 8.81. The lowest BCUT2D eigenvalue weighted by atomic mass is 9.93. The third kappa shape index (κ3) is 3.23. The quantitative estimate of drug-likeness (QED) is 0.772. The molecule has 98 valence electrons. The summed E-state index contributed by atoms with van der Waals surface area (Å²) < 4.78 is 5.62. The monoisotopic (exact) mass is 248 g/mol. The second-order valence-electron chi connectivity index (χ2n) is 4.50. The van der Waals surface area contributed by atoms with Crippen LogP contribution in [0.15, 0.2) is 24.3 Å². The van der Waals surface area contributed by atoms with Crippen LogP contribution in [0.1, 0.15) is 24.3 Å². The number of amides is 1. The molecule has 1 atom stereocenters. The molecule has 0 bridgehead atoms. The van der Waals surface area contributed by atoms with E-state index in [9.17, 15) is 4.79 Å². The van der Waals surface area contributed by atoms with Crippen LogP contribution in [-0.2, 0) is 4.79 Å². The van der Waals surface area contributed by atoms with Crippen LogP contribution in [0.2, 0.25) is 0 Å². The molecule has 0 saturated carbocycles. The minimum atomic E-state index is 0.0786. The molecular weight excluding hydrogens is 228 g/mol. The van der Waals surface area contributed by atoms with Crippen LogP contribution in [0.4, 0.5) is 0 Å². The second-order valence-corrected chi connectivity index (χ2v) is 4.50. The van der Waals surface area contributed by atoms with E-state index in [1.165, 1.54) is 5.56 Å². The lowest BCUT2D eigenvalue weighted by Crippen LogP contribution is -2.29. The van der Waals surface area contributed by atoms with Crippen LogP contribution in [0.5, 0.6) is 5.75 Å². The zero-order valence-electron chi connectivity index (χ0n) is 10.7. The zero-order chi connectivity index (χ0) is 12.8. The van der Waals surface area contributed by atoms with Gasteiger partial charge in [0.15, 0.2) is 0 Å². The smallest absolute Gasteiger partial charge is 0.221 e. The van der Waals surface area contributed by atoms with E-state index in [0.717, 1.165) is 31.9 Å². The molecule has 1 aliphatic heterocycles. The third-order valence-electron chi connectivity index (χ3n) is 3.28. The van der Waals surface area contributed by atoms with Crippen molar-refractivity contribution in [2.24, 2.45) is 0 Å². The zero-order valence-corrected chi connectivity index (χ0v) is 10.7. The van der Waals surface area contributed by atoms with Crippen LogP contribution in [0.25, 0.3) is 0 Å². The van der Waals surface area contributed by atoms with Gasteiger partial charge in [0.25, 0.3) is 0 Å². The number of carbonyl (C=O) groups excluding carboxylic acids is 1. The molecule has 18 heavy (non-hydrogen) atoms. The van der Waals surface area contributed by atoms with Crippen LogP contribution in [-0.4, -0.2) is 32.7 Å². The molecule has 4 heteroatoms. The van der Waals surface area contributed by atoms with E-state index < -0.39 is 0 Å². The van der Waals surface area contributed by atoms with Crippen molar-refractivity contribution in [1.82, 2.24) is 10.6 Å². The average Bonchev–Trinajstić information content (AvgIpc) is 2.43. The molecular formula is C14H20N2O2. The summed E-state index contributed by atoms with van der Waals surface area (Å²) in [7, 11) is 1.66. The van der Waals surface area contributed by atoms with Crippen molar-refractivity contribution in [2.45, 2.75) is 18.8 Å². The number of hydrogen-bond acceptors (Lipinski definition) is 3. The van der Waals surface area contributed by atoms with Gasteiger partial charge in [-0.05, 0) is 18.1 Å². The van der Waals surface area contributed by atoms with E-state index in [-0.39, 0.29) is 5.91 Å². The molecule has 0 saturated heterocycles. The predicted octanol–water partition coefficient (Wildman–Crippen LogP) is 1.28. The van der Waals surface area contributed by atoms with Gasteiger partial charge in [0.05, 0.1) is 6.61 Å². The molecule has 1 aliphatic rings. The summed E-state index contributed by atoms with van der Waals surface area (Å²) in [6, 6.07) is 8.19. The third-order valence-corrected chi connectivity index (χ3v) is 3.28. The Morgan fingerprint density at radius 2 is 2.28 bits per heavy atom. The molecule has 0 fully saturated rings. The number of benzene rings is 1. The first-order valence-electron chi connectivity index (χ1n) is 6.44. The van der Waals surface area contributed by atoms with E-state index in [4.69, 9.17) is 4.74 Å². The molecule has 2 rings (SSSR count). The highest BCUT2D eigenvalue weighted by Crippen LogP contribution is 2.32. The van der Waals surface area contributed by atoms with Crippen molar-refractivity contribution in [3.63, 3.8) is 0 Å². The number of nitrogens with one attached hydrogen (secondary N) is 2. The fourth-order valence-electron chi connectivity index (χ4n) is 2.23.